The summed E-state index contributed by atoms with van der Waals surface area (Å²) in [4.78, 5) is 40.7. The van der Waals surface area contributed by atoms with Crippen molar-refractivity contribution in [3.63, 3.8) is 0 Å². The zero-order valence-electron chi connectivity index (χ0n) is 15.7. The molecule has 0 saturated carbocycles. The van der Waals surface area contributed by atoms with Crippen molar-refractivity contribution < 1.29 is 18.7 Å². The molecule has 2 heterocycles. The van der Waals surface area contributed by atoms with E-state index >= 15 is 0 Å². The Morgan fingerprint density at radius 3 is 2.76 bits per heavy atom. The van der Waals surface area contributed by atoms with Crippen molar-refractivity contribution in [2.45, 2.75) is 32.8 Å². The number of unbranched alkanes of at least 4 members (excludes halogenated alkanes) is 1. The van der Waals surface area contributed by atoms with Gasteiger partial charge in [-0.25, -0.2) is 9.37 Å². The third-order valence-electron chi connectivity index (χ3n) is 3.96. The van der Waals surface area contributed by atoms with Crippen molar-refractivity contribution in [3.8, 4) is 0 Å². The van der Waals surface area contributed by atoms with E-state index in [4.69, 9.17) is 4.74 Å². The van der Waals surface area contributed by atoms with Crippen LogP contribution in [0.3, 0.4) is 0 Å². The minimum Gasteiger partial charge on any atom is -0.458 e. The highest BCUT2D eigenvalue weighted by Gasteiger charge is 2.12. The van der Waals surface area contributed by atoms with Gasteiger partial charge >= 0.3 is 5.97 Å². The Balaban J connectivity index is 1.55. The van der Waals surface area contributed by atoms with Crippen LogP contribution in [0, 0.1) is 5.82 Å². The largest absolute Gasteiger partial charge is 0.458 e. The highest BCUT2D eigenvalue weighted by Crippen LogP contribution is 2.14. The quantitative estimate of drug-likeness (QED) is 0.562. The molecule has 1 aromatic carbocycles. The van der Waals surface area contributed by atoms with Crippen LogP contribution in [0.2, 0.25) is 0 Å². The topological polar surface area (TPSA) is 103 Å². The molecule has 0 unspecified atom stereocenters. The average Bonchev–Trinajstić information content (AvgIpc) is 3.13. The van der Waals surface area contributed by atoms with Crippen LogP contribution in [0.1, 0.15) is 40.8 Å². The van der Waals surface area contributed by atoms with Crippen molar-refractivity contribution in [1.29, 1.82) is 0 Å². The van der Waals surface area contributed by atoms with E-state index < -0.39 is 17.7 Å². The van der Waals surface area contributed by atoms with Crippen LogP contribution in [-0.2, 0) is 22.6 Å². The molecule has 2 aromatic heterocycles. The fraction of sp³-hybridized carbons (Fsp3) is 0.316. The maximum Gasteiger partial charge on any atom is 0.325 e. The van der Waals surface area contributed by atoms with E-state index in [0.29, 0.717) is 10.7 Å². The minimum atomic E-state index is -0.685. The number of aryl methyl sites for hydroxylation is 1. The SMILES string of the molecule is CCCCc1nn2c(=O)cc(COC(=O)CNC(=O)c3ccc(F)cc3)nc2s1. The Labute approximate surface area is 169 Å². The summed E-state index contributed by atoms with van der Waals surface area (Å²) in [5.41, 5.74) is 0.187. The molecular formula is C19H19FN4O4S. The molecule has 0 aliphatic carbocycles. The lowest BCUT2D eigenvalue weighted by molar-refractivity contribution is -0.143. The monoisotopic (exact) mass is 418 g/mol. The van der Waals surface area contributed by atoms with Crippen molar-refractivity contribution in [2.24, 2.45) is 0 Å². The van der Waals surface area contributed by atoms with Gasteiger partial charge in [-0.3, -0.25) is 14.4 Å². The molecule has 152 valence electrons. The highest BCUT2D eigenvalue weighted by molar-refractivity contribution is 7.16. The third kappa shape index (κ3) is 5.44. The third-order valence-corrected chi connectivity index (χ3v) is 4.93. The van der Waals surface area contributed by atoms with Crippen molar-refractivity contribution >= 4 is 28.2 Å². The Hall–Kier alpha value is -3.14. The van der Waals surface area contributed by atoms with E-state index in [9.17, 15) is 18.8 Å². The van der Waals surface area contributed by atoms with Crippen molar-refractivity contribution in [2.75, 3.05) is 6.54 Å². The van der Waals surface area contributed by atoms with E-state index in [1.54, 1.807) is 0 Å². The number of nitrogens with one attached hydrogen (secondary N) is 1. The number of halogens is 1. The number of ether oxygens (including phenoxy) is 1. The molecule has 8 nitrogen and oxygen atoms in total. The summed E-state index contributed by atoms with van der Waals surface area (Å²) in [6, 6.07) is 6.20. The molecule has 0 bridgehead atoms. The van der Waals surface area contributed by atoms with Gasteiger partial charge in [0.25, 0.3) is 11.5 Å². The number of rotatable bonds is 8. The van der Waals surface area contributed by atoms with E-state index in [0.717, 1.165) is 36.4 Å². The molecule has 0 spiro atoms. The second-order valence-electron chi connectivity index (χ2n) is 6.23. The van der Waals surface area contributed by atoms with Gasteiger partial charge in [-0.2, -0.15) is 9.61 Å². The maximum absolute atomic E-state index is 12.9. The van der Waals surface area contributed by atoms with Gasteiger partial charge in [0, 0.05) is 18.1 Å². The fourth-order valence-corrected chi connectivity index (χ4v) is 3.42. The number of benzene rings is 1. The van der Waals surface area contributed by atoms with Crippen LogP contribution in [-0.4, -0.2) is 33.0 Å². The van der Waals surface area contributed by atoms with Crippen LogP contribution in [0.15, 0.2) is 35.1 Å². The van der Waals surface area contributed by atoms with Gasteiger partial charge in [0.1, 0.15) is 24.0 Å². The van der Waals surface area contributed by atoms with Gasteiger partial charge in [-0.1, -0.05) is 24.7 Å². The van der Waals surface area contributed by atoms with E-state index in [1.807, 2.05) is 0 Å². The number of esters is 1. The summed E-state index contributed by atoms with van der Waals surface area (Å²) in [5.74, 6) is -1.67. The first-order chi connectivity index (χ1) is 14.0. The van der Waals surface area contributed by atoms with Gasteiger partial charge in [-0.05, 0) is 30.7 Å². The van der Waals surface area contributed by atoms with Gasteiger partial charge in [0.15, 0.2) is 0 Å². The van der Waals surface area contributed by atoms with Crippen LogP contribution in [0.25, 0.3) is 4.96 Å². The predicted octanol–water partition coefficient (Wildman–Crippen LogP) is 2.11. The Kier molecular flexibility index (Phi) is 6.65. The van der Waals surface area contributed by atoms with Gasteiger partial charge in [0.2, 0.25) is 4.96 Å². The van der Waals surface area contributed by atoms with Gasteiger partial charge < -0.3 is 10.1 Å². The summed E-state index contributed by atoms with van der Waals surface area (Å²) in [7, 11) is 0. The molecule has 0 aliphatic rings. The standard InChI is InChI=1S/C19H19FN4O4S/c1-2-3-4-15-23-24-16(25)9-14(22-19(24)29-15)11-28-17(26)10-21-18(27)12-5-7-13(20)8-6-12/h5-9H,2-4,10-11H2,1H3,(H,21,27). The lowest BCUT2D eigenvalue weighted by Crippen LogP contribution is -2.30. The first-order valence-corrected chi connectivity index (χ1v) is 9.86. The Morgan fingerprint density at radius 2 is 2.03 bits per heavy atom. The molecule has 0 aliphatic heterocycles. The average molecular weight is 418 g/mol. The number of amides is 1. The number of hydrogen-bond acceptors (Lipinski definition) is 7. The molecule has 0 atom stereocenters. The zero-order chi connectivity index (χ0) is 20.8. The number of aromatic nitrogens is 3. The highest BCUT2D eigenvalue weighted by atomic mass is 32.1. The normalized spacial score (nSPS) is 10.8. The second-order valence-corrected chi connectivity index (χ2v) is 7.27. The maximum atomic E-state index is 12.9. The van der Waals surface area contributed by atoms with Crippen LogP contribution in [0.4, 0.5) is 4.39 Å². The molecule has 1 amide bonds. The number of fused-ring (bicyclic) bond motifs is 1. The summed E-state index contributed by atoms with van der Waals surface area (Å²) in [6.07, 6.45) is 2.78. The van der Waals surface area contributed by atoms with E-state index in [1.165, 1.54) is 34.1 Å². The molecule has 0 fully saturated rings. The lowest BCUT2D eigenvalue weighted by atomic mass is 10.2. The van der Waals surface area contributed by atoms with Crippen molar-refractivity contribution in [3.05, 3.63) is 62.8 Å². The second kappa shape index (κ2) is 9.37. The fourth-order valence-electron chi connectivity index (χ4n) is 2.46. The first-order valence-electron chi connectivity index (χ1n) is 9.04. The van der Waals surface area contributed by atoms with Crippen molar-refractivity contribution in [1.82, 2.24) is 19.9 Å². The summed E-state index contributed by atoms with van der Waals surface area (Å²) in [6.45, 7) is 1.52. The number of hydrogen-bond donors (Lipinski definition) is 1. The Morgan fingerprint density at radius 1 is 1.28 bits per heavy atom. The number of nitrogens with zero attached hydrogens (tertiary/aromatic N) is 3. The van der Waals surface area contributed by atoms with Crippen LogP contribution < -0.4 is 10.9 Å². The molecule has 0 radical (unpaired) electrons. The molecule has 3 rings (SSSR count). The molecule has 10 heteroatoms. The van der Waals surface area contributed by atoms with Crippen LogP contribution >= 0.6 is 11.3 Å². The van der Waals surface area contributed by atoms with E-state index in [2.05, 4.69) is 22.3 Å². The summed E-state index contributed by atoms with van der Waals surface area (Å²) < 4.78 is 19.2. The first kappa shape index (κ1) is 20.6. The van der Waals surface area contributed by atoms with E-state index in [-0.39, 0.29) is 24.3 Å². The van der Waals surface area contributed by atoms with Gasteiger partial charge in [-0.15, -0.1) is 0 Å². The summed E-state index contributed by atoms with van der Waals surface area (Å²) >= 11 is 1.33. The molecule has 0 saturated heterocycles. The molecule has 1 N–H and O–H groups in total. The van der Waals surface area contributed by atoms with Crippen LogP contribution in [0.5, 0.6) is 0 Å². The minimum absolute atomic E-state index is 0.195. The smallest absolute Gasteiger partial charge is 0.325 e. The molecular weight excluding hydrogens is 399 g/mol. The summed E-state index contributed by atoms with van der Waals surface area (Å²) in [5, 5.41) is 7.47. The lowest BCUT2D eigenvalue weighted by Gasteiger charge is -2.06. The number of carbonyl (C=O) groups excluding carboxylic acids is 2. The van der Waals surface area contributed by atoms with Gasteiger partial charge in [0.05, 0.1) is 5.69 Å². The number of carbonyl (C=O) groups is 2. The molecule has 3 aromatic rings. The zero-order valence-corrected chi connectivity index (χ0v) is 16.5. The Bertz CT molecular complexity index is 1080. The predicted molar refractivity (Wildman–Crippen MR) is 104 cm³/mol. The molecule has 29 heavy (non-hydrogen) atoms.